The lowest BCUT2D eigenvalue weighted by Crippen LogP contribution is -2.27. The second-order valence-electron chi connectivity index (χ2n) is 3.86. The van der Waals surface area contributed by atoms with Crippen molar-refractivity contribution in [2.24, 2.45) is 0 Å². The molecule has 0 aliphatic carbocycles. The summed E-state index contributed by atoms with van der Waals surface area (Å²) in [5, 5.41) is 11.8. The van der Waals surface area contributed by atoms with E-state index in [1.165, 1.54) is 19.3 Å². The highest BCUT2D eigenvalue weighted by Crippen LogP contribution is 2.14. The maximum Gasteiger partial charge on any atom is 0.0698 e. The number of nitrogens with one attached hydrogen (secondary N) is 1. The third-order valence-corrected chi connectivity index (χ3v) is 2.58. The van der Waals surface area contributed by atoms with Crippen LogP contribution in [-0.4, -0.2) is 50.7 Å². The first-order chi connectivity index (χ1) is 7.43. The standard InChI is InChI=1S/C11H23NO3/c13-7-10-14-9-6-12-5-4-11-3-1-2-8-15-11/h11-13H,1-10H2. The summed E-state index contributed by atoms with van der Waals surface area (Å²) in [6.07, 6.45) is 5.30. The number of ether oxygens (including phenoxy) is 2. The van der Waals surface area contributed by atoms with Gasteiger partial charge in [0.25, 0.3) is 0 Å². The second-order valence-corrected chi connectivity index (χ2v) is 3.86. The van der Waals surface area contributed by atoms with Gasteiger partial charge in [-0.2, -0.15) is 0 Å². The minimum absolute atomic E-state index is 0.107. The van der Waals surface area contributed by atoms with Crippen LogP contribution in [0.3, 0.4) is 0 Å². The van der Waals surface area contributed by atoms with E-state index in [0.29, 0.717) is 19.3 Å². The number of aliphatic hydroxyl groups excluding tert-OH is 1. The Morgan fingerprint density at radius 3 is 2.93 bits per heavy atom. The van der Waals surface area contributed by atoms with Gasteiger partial charge < -0.3 is 19.9 Å². The Balaban J connectivity index is 1.79. The first-order valence-electron chi connectivity index (χ1n) is 5.94. The average Bonchev–Trinajstić information content (AvgIpc) is 2.29. The predicted octanol–water partition coefficient (Wildman–Crippen LogP) is 0.544. The summed E-state index contributed by atoms with van der Waals surface area (Å²) in [6, 6.07) is 0. The highest BCUT2D eigenvalue weighted by molar-refractivity contribution is 4.64. The smallest absolute Gasteiger partial charge is 0.0698 e. The van der Waals surface area contributed by atoms with Crippen molar-refractivity contribution >= 4 is 0 Å². The van der Waals surface area contributed by atoms with Crippen molar-refractivity contribution < 1.29 is 14.6 Å². The van der Waals surface area contributed by atoms with Gasteiger partial charge in [0.1, 0.15) is 0 Å². The lowest BCUT2D eigenvalue weighted by molar-refractivity contribution is 0.0112. The molecule has 15 heavy (non-hydrogen) atoms. The fraction of sp³-hybridized carbons (Fsp3) is 1.00. The Hall–Kier alpha value is -0.160. The Labute approximate surface area is 92.0 Å². The molecule has 1 atom stereocenters. The maximum atomic E-state index is 8.48. The predicted molar refractivity (Wildman–Crippen MR) is 59.0 cm³/mol. The molecule has 1 aliphatic heterocycles. The van der Waals surface area contributed by atoms with Crippen molar-refractivity contribution in [3.8, 4) is 0 Å². The van der Waals surface area contributed by atoms with Crippen molar-refractivity contribution in [2.45, 2.75) is 31.8 Å². The third-order valence-electron chi connectivity index (χ3n) is 2.58. The summed E-state index contributed by atoms with van der Waals surface area (Å²) in [7, 11) is 0. The fourth-order valence-corrected chi connectivity index (χ4v) is 1.73. The van der Waals surface area contributed by atoms with Gasteiger partial charge in [0.15, 0.2) is 0 Å². The summed E-state index contributed by atoms with van der Waals surface area (Å²) in [5.74, 6) is 0. The Morgan fingerprint density at radius 1 is 1.27 bits per heavy atom. The van der Waals surface area contributed by atoms with E-state index in [1.807, 2.05) is 0 Å². The molecule has 1 aliphatic rings. The molecule has 1 saturated heterocycles. The Kier molecular flexibility index (Phi) is 7.83. The summed E-state index contributed by atoms with van der Waals surface area (Å²) in [6.45, 7) is 4.00. The highest BCUT2D eigenvalue weighted by Gasteiger charge is 2.12. The molecule has 1 fully saturated rings. The summed E-state index contributed by atoms with van der Waals surface area (Å²) >= 11 is 0. The number of rotatable bonds is 8. The van der Waals surface area contributed by atoms with Crippen LogP contribution in [0.2, 0.25) is 0 Å². The topological polar surface area (TPSA) is 50.7 Å². The molecular weight excluding hydrogens is 194 g/mol. The molecule has 0 radical (unpaired) electrons. The molecule has 0 aromatic heterocycles. The molecular formula is C11H23NO3. The van der Waals surface area contributed by atoms with Crippen LogP contribution in [0.15, 0.2) is 0 Å². The van der Waals surface area contributed by atoms with E-state index in [2.05, 4.69) is 5.32 Å². The molecule has 2 N–H and O–H groups in total. The van der Waals surface area contributed by atoms with E-state index >= 15 is 0 Å². The molecule has 0 amide bonds. The van der Waals surface area contributed by atoms with E-state index in [9.17, 15) is 0 Å². The van der Waals surface area contributed by atoms with Gasteiger partial charge in [-0.1, -0.05) is 0 Å². The molecule has 0 aromatic rings. The van der Waals surface area contributed by atoms with Crippen LogP contribution in [0.5, 0.6) is 0 Å². The van der Waals surface area contributed by atoms with E-state index in [1.54, 1.807) is 0 Å². The molecule has 0 aromatic carbocycles. The molecule has 4 heteroatoms. The zero-order valence-corrected chi connectivity index (χ0v) is 9.41. The van der Waals surface area contributed by atoms with Crippen molar-refractivity contribution in [1.82, 2.24) is 5.32 Å². The lowest BCUT2D eigenvalue weighted by Gasteiger charge is -2.22. The zero-order valence-electron chi connectivity index (χ0n) is 9.41. The van der Waals surface area contributed by atoms with Crippen LogP contribution >= 0.6 is 0 Å². The first kappa shape index (κ1) is 12.9. The molecule has 1 heterocycles. The maximum absolute atomic E-state index is 8.48. The third kappa shape index (κ3) is 6.84. The molecule has 1 rings (SSSR count). The Bertz CT molecular complexity index is 138. The van der Waals surface area contributed by atoms with E-state index < -0.39 is 0 Å². The minimum atomic E-state index is 0.107. The van der Waals surface area contributed by atoms with Gasteiger partial charge in [0.05, 0.1) is 25.9 Å². The summed E-state index contributed by atoms with van der Waals surface area (Å²) in [4.78, 5) is 0. The summed E-state index contributed by atoms with van der Waals surface area (Å²) < 4.78 is 10.7. The monoisotopic (exact) mass is 217 g/mol. The first-order valence-corrected chi connectivity index (χ1v) is 5.94. The molecule has 0 saturated carbocycles. The summed E-state index contributed by atoms with van der Waals surface area (Å²) in [5.41, 5.74) is 0. The SMILES string of the molecule is OCCOCCNCCC1CCCCO1. The fourth-order valence-electron chi connectivity index (χ4n) is 1.73. The highest BCUT2D eigenvalue weighted by atomic mass is 16.5. The van der Waals surface area contributed by atoms with Gasteiger partial charge in [-0.3, -0.25) is 0 Å². The van der Waals surface area contributed by atoms with Crippen LogP contribution in [0.4, 0.5) is 0 Å². The van der Waals surface area contributed by atoms with Crippen LogP contribution in [0, 0.1) is 0 Å². The van der Waals surface area contributed by atoms with E-state index in [0.717, 1.165) is 26.1 Å². The van der Waals surface area contributed by atoms with Gasteiger partial charge in [0.2, 0.25) is 0 Å². The molecule has 90 valence electrons. The van der Waals surface area contributed by atoms with Crippen LogP contribution in [0.25, 0.3) is 0 Å². The molecule has 0 spiro atoms. The van der Waals surface area contributed by atoms with Gasteiger partial charge in [-0.15, -0.1) is 0 Å². The van der Waals surface area contributed by atoms with Crippen LogP contribution in [-0.2, 0) is 9.47 Å². The van der Waals surface area contributed by atoms with Gasteiger partial charge >= 0.3 is 0 Å². The van der Waals surface area contributed by atoms with Gasteiger partial charge in [-0.25, -0.2) is 0 Å². The number of aliphatic hydroxyl groups is 1. The van der Waals surface area contributed by atoms with E-state index in [4.69, 9.17) is 14.6 Å². The quantitative estimate of drug-likeness (QED) is 0.583. The van der Waals surface area contributed by atoms with Crippen molar-refractivity contribution in [3.63, 3.8) is 0 Å². The molecule has 4 nitrogen and oxygen atoms in total. The van der Waals surface area contributed by atoms with Crippen LogP contribution in [0.1, 0.15) is 25.7 Å². The Morgan fingerprint density at radius 2 is 2.20 bits per heavy atom. The zero-order chi connectivity index (χ0) is 10.8. The van der Waals surface area contributed by atoms with Crippen molar-refractivity contribution in [2.75, 3.05) is 39.5 Å². The van der Waals surface area contributed by atoms with E-state index in [-0.39, 0.29) is 6.61 Å². The minimum Gasteiger partial charge on any atom is -0.394 e. The van der Waals surface area contributed by atoms with Gasteiger partial charge in [0, 0.05) is 13.2 Å². The number of hydrogen-bond acceptors (Lipinski definition) is 4. The van der Waals surface area contributed by atoms with Crippen LogP contribution < -0.4 is 5.32 Å². The number of hydrogen-bond donors (Lipinski definition) is 2. The lowest BCUT2D eigenvalue weighted by atomic mass is 10.1. The largest absolute Gasteiger partial charge is 0.394 e. The van der Waals surface area contributed by atoms with Gasteiger partial charge in [-0.05, 0) is 32.2 Å². The molecule has 0 bridgehead atoms. The van der Waals surface area contributed by atoms with Crippen molar-refractivity contribution in [3.05, 3.63) is 0 Å². The molecule has 1 unspecified atom stereocenters. The van der Waals surface area contributed by atoms with Crippen molar-refractivity contribution in [1.29, 1.82) is 0 Å². The normalized spacial score (nSPS) is 21.8. The average molecular weight is 217 g/mol. The second kappa shape index (κ2) is 9.09.